The van der Waals surface area contributed by atoms with E-state index in [2.05, 4.69) is 14.3 Å². The van der Waals surface area contributed by atoms with E-state index in [4.69, 9.17) is 5.11 Å². The van der Waals surface area contributed by atoms with E-state index in [1.807, 2.05) is 6.92 Å². The molecular weight excluding hydrogens is 266 g/mol. The van der Waals surface area contributed by atoms with Gasteiger partial charge in [-0.2, -0.15) is 4.37 Å². The van der Waals surface area contributed by atoms with Crippen molar-refractivity contribution in [1.82, 2.24) is 14.3 Å². The number of thiazole rings is 1. The third-order valence-electron chi connectivity index (χ3n) is 1.65. The zero-order valence-corrected chi connectivity index (χ0v) is 10.9. The topological polar surface area (TPSA) is 76.0 Å². The molecule has 0 radical (unpaired) electrons. The molecule has 8 heteroatoms. The van der Waals surface area contributed by atoms with Crippen molar-refractivity contribution in [3.8, 4) is 0 Å². The summed E-state index contributed by atoms with van der Waals surface area (Å²) in [5, 5.41) is 8.88. The highest BCUT2D eigenvalue weighted by Crippen LogP contribution is 2.33. The van der Waals surface area contributed by atoms with Crippen LogP contribution in [-0.2, 0) is 0 Å². The SMILES string of the molecule is Cc1nsc(Sc2nc(C)c(C(=O)O)s2)n1. The number of carboxylic acid groups (broad SMARTS) is 1. The van der Waals surface area contributed by atoms with Gasteiger partial charge < -0.3 is 5.11 Å². The van der Waals surface area contributed by atoms with Gasteiger partial charge in [-0.3, -0.25) is 0 Å². The van der Waals surface area contributed by atoms with Crippen LogP contribution in [0.4, 0.5) is 0 Å². The molecule has 0 saturated carbocycles. The van der Waals surface area contributed by atoms with Gasteiger partial charge in [0.15, 0.2) is 8.68 Å². The first-order valence-corrected chi connectivity index (χ1v) is 6.66. The molecular formula is C8H7N3O2S3. The van der Waals surface area contributed by atoms with Crippen LogP contribution in [0.15, 0.2) is 8.68 Å². The van der Waals surface area contributed by atoms with E-state index in [0.717, 1.165) is 21.5 Å². The lowest BCUT2D eigenvalue weighted by molar-refractivity contribution is 0.0701. The maximum absolute atomic E-state index is 10.8. The molecule has 2 heterocycles. The molecule has 0 spiro atoms. The Morgan fingerprint density at radius 3 is 2.56 bits per heavy atom. The summed E-state index contributed by atoms with van der Waals surface area (Å²) in [6.45, 7) is 3.51. The quantitative estimate of drug-likeness (QED) is 0.925. The van der Waals surface area contributed by atoms with Crippen LogP contribution in [0.2, 0.25) is 0 Å². The van der Waals surface area contributed by atoms with Crippen LogP contribution < -0.4 is 0 Å². The lowest BCUT2D eigenvalue weighted by Gasteiger charge is -1.86. The second-order valence-electron chi connectivity index (χ2n) is 2.91. The second-order valence-corrected chi connectivity index (χ2v) is 6.15. The van der Waals surface area contributed by atoms with Gasteiger partial charge in [0, 0.05) is 0 Å². The molecule has 2 rings (SSSR count). The number of rotatable bonds is 3. The summed E-state index contributed by atoms with van der Waals surface area (Å²) < 4.78 is 5.51. The Morgan fingerprint density at radius 2 is 2.06 bits per heavy atom. The molecule has 0 atom stereocenters. The smallest absolute Gasteiger partial charge is 0.347 e. The van der Waals surface area contributed by atoms with Crippen LogP contribution in [0.5, 0.6) is 0 Å². The van der Waals surface area contributed by atoms with Crippen LogP contribution in [0, 0.1) is 13.8 Å². The van der Waals surface area contributed by atoms with Crippen molar-refractivity contribution >= 4 is 40.6 Å². The molecule has 2 aromatic rings. The maximum Gasteiger partial charge on any atom is 0.347 e. The summed E-state index contributed by atoms with van der Waals surface area (Å²) in [7, 11) is 0. The predicted octanol–water partition coefficient (Wildman–Crippen LogP) is 2.46. The Morgan fingerprint density at radius 1 is 1.31 bits per heavy atom. The molecule has 16 heavy (non-hydrogen) atoms. The minimum absolute atomic E-state index is 0.281. The van der Waals surface area contributed by atoms with Crippen molar-refractivity contribution in [2.75, 3.05) is 0 Å². The Kier molecular flexibility index (Phi) is 3.22. The molecule has 5 nitrogen and oxygen atoms in total. The Hall–Kier alpha value is -0.990. The molecule has 0 unspecified atom stereocenters. The molecule has 0 aliphatic carbocycles. The standard InChI is InChI=1S/C8H7N3O2S3/c1-3-5(6(12)13)14-7(9-3)15-8-10-4(2)11-16-8/h1-2H3,(H,12,13). The molecule has 0 saturated heterocycles. The van der Waals surface area contributed by atoms with Crippen molar-refractivity contribution < 1.29 is 9.90 Å². The number of carbonyl (C=O) groups is 1. The van der Waals surface area contributed by atoms with Crippen molar-refractivity contribution in [3.05, 3.63) is 16.4 Å². The lowest BCUT2D eigenvalue weighted by atomic mass is 10.4. The third kappa shape index (κ3) is 2.39. The van der Waals surface area contributed by atoms with Crippen molar-refractivity contribution in [2.24, 2.45) is 0 Å². The van der Waals surface area contributed by atoms with E-state index < -0.39 is 5.97 Å². The van der Waals surface area contributed by atoms with Gasteiger partial charge in [0.1, 0.15) is 10.7 Å². The number of hydrogen-bond acceptors (Lipinski definition) is 7. The molecule has 0 amide bonds. The molecule has 0 fully saturated rings. The normalized spacial score (nSPS) is 10.6. The number of aryl methyl sites for hydroxylation is 2. The first kappa shape index (κ1) is 11.5. The van der Waals surface area contributed by atoms with Gasteiger partial charge in [-0.15, -0.1) is 0 Å². The van der Waals surface area contributed by atoms with Crippen molar-refractivity contribution in [3.63, 3.8) is 0 Å². The van der Waals surface area contributed by atoms with Gasteiger partial charge in [0.2, 0.25) is 0 Å². The van der Waals surface area contributed by atoms with Gasteiger partial charge in [-0.1, -0.05) is 11.3 Å². The van der Waals surface area contributed by atoms with Crippen LogP contribution in [0.3, 0.4) is 0 Å². The largest absolute Gasteiger partial charge is 0.477 e. The predicted molar refractivity (Wildman–Crippen MR) is 62.6 cm³/mol. The van der Waals surface area contributed by atoms with E-state index in [-0.39, 0.29) is 4.88 Å². The third-order valence-corrected chi connectivity index (χ3v) is 4.70. The summed E-state index contributed by atoms with van der Waals surface area (Å²) >= 11 is 3.80. The first-order valence-electron chi connectivity index (χ1n) is 4.25. The molecule has 84 valence electrons. The minimum atomic E-state index is -0.935. The van der Waals surface area contributed by atoms with E-state index in [1.165, 1.54) is 23.3 Å². The van der Waals surface area contributed by atoms with Crippen LogP contribution in [-0.4, -0.2) is 25.4 Å². The Balaban J connectivity index is 2.22. The second kappa shape index (κ2) is 4.48. The monoisotopic (exact) mass is 273 g/mol. The van der Waals surface area contributed by atoms with Crippen molar-refractivity contribution in [1.29, 1.82) is 0 Å². The Labute approximate surface area is 104 Å². The number of nitrogens with zero attached hydrogens (tertiary/aromatic N) is 3. The fourth-order valence-electron chi connectivity index (χ4n) is 1.01. The summed E-state index contributed by atoms with van der Waals surface area (Å²) in [5.41, 5.74) is 0.543. The fourth-order valence-corrected chi connectivity index (χ4v) is 3.89. The van der Waals surface area contributed by atoms with E-state index in [1.54, 1.807) is 6.92 Å². The van der Waals surface area contributed by atoms with E-state index in [0.29, 0.717) is 10.0 Å². The molecule has 2 aromatic heterocycles. The summed E-state index contributed by atoms with van der Waals surface area (Å²) in [6, 6.07) is 0. The molecule has 0 aliphatic heterocycles. The summed E-state index contributed by atoms with van der Waals surface area (Å²) in [5.74, 6) is -0.213. The minimum Gasteiger partial charge on any atom is -0.477 e. The van der Waals surface area contributed by atoms with Crippen LogP contribution >= 0.6 is 34.6 Å². The van der Waals surface area contributed by atoms with Crippen molar-refractivity contribution in [2.45, 2.75) is 22.5 Å². The van der Waals surface area contributed by atoms with Crippen LogP contribution in [0.1, 0.15) is 21.2 Å². The zero-order valence-electron chi connectivity index (χ0n) is 8.42. The van der Waals surface area contributed by atoms with Gasteiger partial charge >= 0.3 is 5.97 Å². The van der Waals surface area contributed by atoms with Gasteiger partial charge in [-0.25, -0.2) is 14.8 Å². The molecule has 1 N–H and O–H groups in total. The number of aromatic nitrogens is 3. The van der Waals surface area contributed by atoms with E-state index >= 15 is 0 Å². The van der Waals surface area contributed by atoms with Gasteiger partial charge in [0.25, 0.3) is 0 Å². The van der Waals surface area contributed by atoms with Gasteiger partial charge in [0.05, 0.1) is 5.69 Å². The zero-order chi connectivity index (χ0) is 11.7. The molecule has 0 aliphatic rings. The average molecular weight is 273 g/mol. The lowest BCUT2D eigenvalue weighted by Crippen LogP contribution is -1.94. The Bertz CT molecular complexity index is 534. The number of carboxylic acids is 1. The fraction of sp³-hybridized carbons (Fsp3) is 0.250. The van der Waals surface area contributed by atoms with E-state index in [9.17, 15) is 4.79 Å². The molecule has 0 bridgehead atoms. The highest BCUT2D eigenvalue weighted by molar-refractivity contribution is 8.02. The average Bonchev–Trinajstić information content (AvgIpc) is 2.73. The maximum atomic E-state index is 10.8. The highest BCUT2D eigenvalue weighted by atomic mass is 32.2. The highest BCUT2D eigenvalue weighted by Gasteiger charge is 2.15. The van der Waals surface area contributed by atoms with Gasteiger partial charge in [-0.05, 0) is 37.1 Å². The summed E-state index contributed by atoms with van der Waals surface area (Å²) in [6.07, 6.45) is 0. The number of hydrogen-bond donors (Lipinski definition) is 1. The summed E-state index contributed by atoms with van der Waals surface area (Å²) in [4.78, 5) is 19.5. The number of aromatic carboxylic acids is 1. The molecule has 0 aromatic carbocycles. The van der Waals surface area contributed by atoms with Crippen LogP contribution in [0.25, 0.3) is 0 Å². The first-order chi connectivity index (χ1) is 7.56.